The molecular weight excluding hydrogens is 290 g/mol. The van der Waals surface area contributed by atoms with Crippen molar-refractivity contribution in [3.8, 4) is 0 Å². The average Bonchev–Trinajstić information content (AvgIpc) is 2.53. The molecule has 118 valence electrons. The van der Waals surface area contributed by atoms with Crippen molar-refractivity contribution in [2.75, 3.05) is 32.5 Å². The standard InChI is InChI=1S/C18H19N3O2/c1-20(2)11-10-19-18-15-8-4-3-6-13(15)12-14-7-5-9-16(17(14)18)21(22)23/h3-9,12,19H,10-11H2,1-2H3. The molecule has 0 heterocycles. The Labute approximate surface area is 134 Å². The molecule has 0 aliphatic carbocycles. The van der Waals surface area contributed by atoms with Crippen LogP contribution in [-0.2, 0) is 0 Å². The van der Waals surface area contributed by atoms with Crippen molar-refractivity contribution in [2.24, 2.45) is 0 Å². The van der Waals surface area contributed by atoms with E-state index in [1.807, 2.05) is 50.5 Å². The summed E-state index contributed by atoms with van der Waals surface area (Å²) >= 11 is 0. The number of rotatable bonds is 5. The average molecular weight is 309 g/mol. The van der Waals surface area contributed by atoms with Gasteiger partial charge in [-0.05, 0) is 30.9 Å². The number of nitrogens with zero attached hydrogens (tertiary/aromatic N) is 2. The highest BCUT2D eigenvalue weighted by Gasteiger charge is 2.17. The van der Waals surface area contributed by atoms with Crippen molar-refractivity contribution in [3.05, 3.63) is 58.6 Å². The Bertz CT molecular complexity index is 875. The van der Waals surface area contributed by atoms with Gasteiger partial charge in [0, 0.05) is 24.5 Å². The Kier molecular flexibility index (Phi) is 4.12. The second-order valence-electron chi connectivity index (χ2n) is 5.84. The molecule has 0 atom stereocenters. The van der Waals surface area contributed by atoms with E-state index in [4.69, 9.17) is 0 Å². The molecule has 0 unspecified atom stereocenters. The zero-order valence-electron chi connectivity index (χ0n) is 13.2. The van der Waals surface area contributed by atoms with Crippen LogP contribution in [0.1, 0.15) is 0 Å². The molecule has 0 radical (unpaired) electrons. The number of hydrogen-bond donors (Lipinski definition) is 1. The van der Waals surface area contributed by atoms with Gasteiger partial charge in [-0.2, -0.15) is 0 Å². The van der Waals surface area contributed by atoms with E-state index in [1.54, 1.807) is 12.1 Å². The molecule has 5 heteroatoms. The van der Waals surface area contributed by atoms with E-state index >= 15 is 0 Å². The van der Waals surface area contributed by atoms with Gasteiger partial charge in [0.25, 0.3) is 5.69 Å². The van der Waals surface area contributed by atoms with Gasteiger partial charge in [-0.15, -0.1) is 0 Å². The zero-order chi connectivity index (χ0) is 16.4. The topological polar surface area (TPSA) is 58.4 Å². The molecule has 23 heavy (non-hydrogen) atoms. The summed E-state index contributed by atoms with van der Waals surface area (Å²) in [6.07, 6.45) is 0. The van der Waals surface area contributed by atoms with Crippen LogP contribution in [0.15, 0.2) is 48.5 Å². The van der Waals surface area contributed by atoms with Gasteiger partial charge in [0.2, 0.25) is 0 Å². The molecule has 0 saturated heterocycles. The van der Waals surface area contributed by atoms with E-state index in [-0.39, 0.29) is 10.6 Å². The predicted molar refractivity (Wildman–Crippen MR) is 95.2 cm³/mol. The number of fused-ring (bicyclic) bond motifs is 2. The van der Waals surface area contributed by atoms with Crippen molar-refractivity contribution < 1.29 is 4.92 Å². The van der Waals surface area contributed by atoms with E-state index in [9.17, 15) is 10.1 Å². The first kappa shape index (κ1) is 15.2. The van der Waals surface area contributed by atoms with Crippen LogP contribution in [0.4, 0.5) is 11.4 Å². The van der Waals surface area contributed by atoms with Gasteiger partial charge in [-0.1, -0.05) is 36.4 Å². The maximum Gasteiger partial charge on any atom is 0.279 e. The number of nitro groups is 1. The Balaban J connectivity index is 2.26. The molecule has 3 rings (SSSR count). The first-order valence-corrected chi connectivity index (χ1v) is 7.55. The highest BCUT2D eigenvalue weighted by molar-refractivity contribution is 6.14. The Morgan fingerprint density at radius 2 is 1.83 bits per heavy atom. The Hall–Kier alpha value is -2.66. The van der Waals surface area contributed by atoms with Crippen molar-refractivity contribution >= 4 is 32.9 Å². The third kappa shape index (κ3) is 2.96. The number of likely N-dealkylation sites (N-methyl/N-ethyl adjacent to an activating group) is 1. The number of anilines is 1. The SMILES string of the molecule is CN(C)CCNc1c2ccccc2cc2cccc([N+](=O)[O-])c12. The Morgan fingerprint density at radius 1 is 1.09 bits per heavy atom. The summed E-state index contributed by atoms with van der Waals surface area (Å²) in [5.41, 5.74) is 0.979. The number of benzene rings is 3. The molecule has 0 aromatic heterocycles. The van der Waals surface area contributed by atoms with E-state index in [2.05, 4.69) is 10.2 Å². The van der Waals surface area contributed by atoms with Crippen LogP contribution in [0.5, 0.6) is 0 Å². The molecule has 0 spiro atoms. The normalized spacial score (nSPS) is 11.3. The summed E-state index contributed by atoms with van der Waals surface area (Å²) in [5, 5.41) is 18.5. The monoisotopic (exact) mass is 309 g/mol. The lowest BCUT2D eigenvalue weighted by molar-refractivity contribution is -0.383. The molecule has 0 bridgehead atoms. The minimum atomic E-state index is -0.311. The maximum absolute atomic E-state index is 11.5. The fourth-order valence-corrected chi connectivity index (χ4v) is 2.84. The summed E-state index contributed by atoms with van der Waals surface area (Å²) in [4.78, 5) is 13.2. The van der Waals surface area contributed by atoms with E-state index in [0.717, 1.165) is 34.9 Å². The van der Waals surface area contributed by atoms with Crippen LogP contribution >= 0.6 is 0 Å². The van der Waals surface area contributed by atoms with Gasteiger partial charge in [0.15, 0.2) is 0 Å². The second kappa shape index (κ2) is 6.22. The fraction of sp³-hybridized carbons (Fsp3) is 0.222. The van der Waals surface area contributed by atoms with Crippen LogP contribution < -0.4 is 5.32 Å². The first-order chi connectivity index (χ1) is 11.1. The van der Waals surface area contributed by atoms with Crippen LogP contribution in [-0.4, -0.2) is 37.0 Å². The third-order valence-corrected chi connectivity index (χ3v) is 3.92. The lowest BCUT2D eigenvalue weighted by Crippen LogP contribution is -2.21. The molecular formula is C18H19N3O2. The first-order valence-electron chi connectivity index (χ1n) is 7.55. The molecule has 0 aliphatic heterocycles. The van der Waals surface area contributed by atoms with Crippen molar-refractivity contribution in [3.63, 3.8) is 0 Å². The summed E-state index contributed by atoms with van der Waals surface area (Å²) in [7, 11) is 4.01. The quantitative estimate of drug-likeness (QED) is 0.441. The van der Waals surface area contributed by atoms with Gasteiger partial charge in [0.05, 0.1) is 16.0 Å². The van der Waals surface area contributed by atoms with Gasteiger partial charge in [-0.25, -0.2) is 0 Å². The largest absolute Gasteiger partial charge is 0.383 e. The molecule has 0 amide bonds. The summed E-state index contributed by atoms with van der Waals surface area (Å²) in [5.74, 6) is 0. The number of hydrogen-bond acceptors (Lipinski definition) is 4. The van der Waals surface area contributed by atoms with Crippen LogP contribution in [0.2, 0.25) is 0 Å². The number of non-ortho nitro benzene ring substituents is 1. The smallest absolute Gasteiger partial charge is 0.279 e. The minimum Gasteiger partial charge on any atom is -0.383 e. The van der Waals surface area contributed by atoms with Gasteiger partial charge < -0.3 is 10.2 Å². The highest BCUT2D eigenvalue weighted by atomic mass is 16.6. The van der Waals surface area contributed by atoms with Crippen LogP contribution in [0.3, 0.4) is 0 Å². The molecule has 1 N–H and O–H groups in total. The fourth-order valence-electron chi connectivity index (χ4n) is 2.84. The molecule has 3 aromatic carbocycles. The van der Waals surface area contributed by atoms with Crippen molar-refractivity contribution in [2.45, 2.75) is 0 Å². The van der Waals surface area contributed by atoms with Crippen LogP contribution in [0, 0.1) is 10.1 Å². The predicted octanol–water partition coefficient (Wildman–Crippen LogP) is 3.87. The molecule has 0 aliphatic rings. The summed E-state index contributed by atoms with van der Waals surface area (Å²) in [6, 6.07) is 15.2. The van der Waals surface area contributed by atoms with Crippen LogP contribution in [0.25, 0.3) is 21.5 Å². The zero-order valence-corrected chi connectivity index (χ0v) is 13.2. The molecule has 0 fully saturated rings. The summed E-state index contributed by atoms with van der Waals surface area (Å²) in [6.45, 7) is 1.58. The number of nitrogens with one attached hydrogen (secondary N) is 1. The second-order valence-corrected chi connectivity index (χ2v) is 5.84. The van der Waals surface area contributed by atoms with E-state index in [1.165, 1.54) is 0 Å². The Morgan fingerprint density at radius 3 is 2.57 bits per heavy atom. The molecule has 5 nitrogen and oxygen atoms in total. The van der Waals surface area contributed by atoms with Crippen molar-refractivity contribution in [1.82, 2.24) is 4.90 Å². The third-order valence-electron chi connectivity index (χ3n) is 3.92. The lowest BCUT2D eigenvalue weighted by atomic mass is 9.99. The van der Waals surface area contributed by atoms with Crippen molar-refractivity contribution in [1.29, 1.82) is 0 Å². The summed E-state index contributed by atoms with van der Waals surface area (Å²) < 4.78 is 0. The lowest BCUT2D eigenvalue weighted by Gasteiger charge is -2.16. The minimum absolute atomic E-state index is 0.139. The number of nitro benzene ring substituents is 1. The van der Waals surface area contributed by atoms with Gasteiger partial charge >= 0.3 is 0 Å². The van der Waals surface area contributed by atoms with E-state index < -0.39 is 0 Å². The maximum atomic E-state index is 11.5. The van der Waals surface area contributed by atoms with Gasteiger partial charge in [-0.3, -0.25) is 10.1 Å². The van der Waals surface area contributed by atoms with Gasteiger partial charge in [0.1, 0.15) is 0 Å². The molecule has 0 saturated carbocycles. The molecule has 3 aromatic rings. The highest BCUT2D eigenvalue weighted by Crippen LogP contribution is 2.38. The van der Waals surface area contributed by atoms with E-state index in [0.29, 0.717) is 5.39 Å².